The van der Waals surface area contributed by atoms with Gasteiger partial charge in [0.2, 0.25) is 5.91 Å². The van der Waals surface area contributed by atoms with Gasteiger partial charge in [-0.1, -0.05) is 23.7 Å². The molecular formula is C14H19ClN2O2. The van der Waals surface area contributed by atoms with E-state index in [9.17, 15) is 4.79 Å². The van der Waals surface area contributed by atoms with Crippen LogP contribution in [-0.4, -0.2) is 43.6 Å². The van der Waals surface area contributed by atoms with Crippen molar-refractivity contribution in [2.24, 2.45) is 0 Å². The summed E-state index contributed by atoms with van der Waals surface area (Å²) in [6.45, 7) is 1.93. The summed E-state index contributed by atoms with van der Waals surface area (Å²) in [7, 11) is 1.80. The van der Waals surface area contributed by atoms with Crippen LogP contribution in [0.4, 0.5) is 0 Å². The molecule has 1 amide bonds. The third-order valence-electron chi connectivity index (χ3n) is 3.26. The van der Waals surface area contributed by atoms with E-state index in [2.05, 4.69) is 5.32 Å². The largest absolute Gasteiger partial charge is 0.490 e. The van der Waals surface area contributed by atoms with Gasteiger partial charge in [0.05, 0.1) is 17.6 Å². The first-order chi connectivity index (χ1) is 9.18. The summed E-state index contributed by atoms with van der Waals surface area (Å²) in [4.78, 5) is 13.7. The van der Waals surface area contributed by atoms with Crippen molar-refractivity contribution in [3.8, 4) is 5.75 Å². The summed E-state index contributed by atoms with van der Waals surface area (Å²) >= 11 is 5.99. The Kier molecular flexibility index (Phi) is 5.05. The fourth-order valence-corrected chi connectivity index (χ4v) is 2.32. The van der Waals surface area contributed by atoms with Gasteiger partial charge in [-0.15, -0.1) is 0 Å². The Labute approximate surface area is 118 Å². The van der Waals surface area contributed by atoms with E-state index < -0.39 is 0 Å². The molecule has 1 heterocycles. The Morgan fingerprint density at radius 2 is 2.32 bits per heavy atom. The Balaban J connectivity index is 1.76. The summed E-state index contributed by atoms with van der Waals surface area (Å²) in [6.07, 6.45) is 1.99. The molecule has 1 atom stereocenters. The molecule has 1 fully saturated rings. The molecule has 0 spiro atoms. The molecular weight excluding hydrogens is 264 g/mol. The van der Waals surface area contributed by atoms with E-state index in [-0.39, 0.29) is 11.9 Å². The van der Waals surface area contributed by atoms with E-state index in [0.29, 0.717) is 23.9 Å². The number of halogens is 1. The number of amides is 1. The number of carbonyl (C=O) groups excluding carboxylic acids is 1. The Bertz CT molecular complexity index is 433. The van der Waals surface area contributed by atoms with E-state index in [0.717, 1.165) is 19.4 Å². The lowest BCUT2D eigenvalue weighted by atomic mass is 10.2. The average molecular weight is 283 g/mol. The molecule has 1 aromatic carbocycles. The second kappa shape index (κ2) is 6.78. The van der Waals surface area contributed by atoms with Gasteiger partial charge in [0.15, 0.2) is 0 Å². The normalized spacial score (nSPS) is 18.3. The molecule has 0 radical (unpaired) electrons. The lowest BCUT2D eigenvalue weighted by Crippen LogP contribution is -2.43. The van der Waals surface area contributed by atoms with Crippen LogP contribution in [0.3, 0.4) is 0 Å². The van der Waals surface area contributed by atoms with E-state index in [1.807, 2.05) is 18.2 Å². The summed E-state index contributed by atoms with van der Waals surface area (Å²) in [6, 6.07) is 7.32. The average Bonchev–Trinajstić information content (AvgIpc) is 2.94. The van der Waals surface area contributed by atoms with Gasteiger partial charge in [-0.25, -0.2) is 0 Å². The summed E-state index contributed by atoms with van der Waals surface area (Å²) in [5.74, 6) is 0.796. The third kappa shape index (κ3) is 3.85. The Morgan fingerprint density at radius 1 is 1.53 bits per heavy atom. The van der Waals surface area contributed by atoms with Crippen LogP contribution in [0.15, 0.2) is 24.3 Å². The molecule has 1 saturated heterocycles. The van der Waals surface area contributed by atoms with Crippen molar-refractivity contribution in [2.75, 3.05) is 26.7 Å². The summed E-state index contributed by atoms with van der Waals surface area (Å²) in [5.41, 5.74) is 0. The van der Waals surface area contributed by atoms with Crippen molar-refractivity contribution in [1.29, 1.82) is 0 Å². The maximum atomic E-state index is 12.0. The number of rotatable bonds is 5. The van der Waals surface area contributed by atoms with Crippen LogP contribution in [-0.2, 0) is 4.79 Å². The number of nitrogens with zero attached hydrogens (tertiary/aromatic N) is 1. The first-order valence-corrected chi connectivity index (χ1v) is 6.92. The van der Waals surface area contributed by atoms with Crippen LogP contribution in [0.1, 0.15) is 12.8 Å². The van der Waals surface area contributed by atoms with Crippen molar-refractivity contribution >= 4 is 17.5 Å². The maximum Gasteiger partial charge on any atom is 0.239 e. The number of benzene rings is 1. The Hall–Kier alpha value is -1.26. The topological polar surface area (TPSA) is 41.6 Å². The van der Waals surface area contributed by atoms with Gasteiger partial charge < -0.3 is 15.0 Å². The first kappa shape index (κ1) is 14.2. The smallest absolute Gasteiger partial charge is 0.239 e. The first-order valence-electron chi connectivity index (χ1n) is 6.54. The highest BCUT2D eigenvalue weighted by molar-refractivity contribution is 6.32. The van der Waals surface area contributed by atoms with Crippen molar-refractivity contribution in [2.45, 2.75) is 18.9 Å². The molecule has 0 saturated carbocycles. The molecule has 1 aliphatic heterocycles. The van der Waals surface area contributed by atoms with Crippen molar-refractivity contribution < 1.29 is 9.53 Å². The van der Waals surface area contributed by atoms with E-state index in [4.69, 9.17) is 16.3 Å². The zero-order valence-corrected chi connectivity index (χ0v) is 11.8. The quantitative estimate of drug-likeness (QED) is 0.897. The highest BCUT2D eigenvalue weighted by atomic mass is 35.5. The number of nitrogens with one attached hydrogen (secondary N) is 1. The van der Waals surface area contributed by atoms with E-state index in [1.54, 1.807) is 18.0 Å². The Morgan fingerprint density at radius 3 is 3.00 bits per heavy atom. The molecule has 0 bridgehead atoms. The molecule has 1 N–H and O–H groups in total. The second-order valence-electron chi connectivity index (χ2n) is 4.69. The fraction of sp³-hybridized carbons (Fsp3) is 0.500. The highest BCUT2D eigenvalue weighted by Gasteiger charge is 2.24. The van der Waals surface area contributed by atoms with Gasteiger partial charge in [-0.05, 0) is 31.5 Å². The standard InChI is InChI=1S/C14H19ClN2O2/c1-17(14(18)12-6-4-8-16-12)9-10-19-13-7-3-2-5-11(13)15/h2-3,5,7,12,16H,4,6,8-10H2,1H3/t12-/m1/s1. The number of carbonyl (C=O) groups is 1. The summed E-state index contributed by atoms with van der Waals surface area (Å²) in [5, 5.41) is 3.79. The van der Waals surface area contributed by atoms with Gasteiger partial charge >= 0.3 is 0 Å². The monoisotopic (exact) mass is 282 g/mol. The molecule has 4 nitrogen and oxygen atoms in total. The number of ether oxygens (including phenoxy) is 1. The van der Waals surface area contributed by atoms with Crippen LogP contribution in [0.25, 0.3) is 0 Å². The molecule has 2 rings (SSSR count). The number of likely N-dealkylation sites (N-methyl/N-ethyl adjacent to an activating group) is 1. The van der Waals surface area contributed by atoms with Crippen molar-refractivity contribution in [3.63, 3.8) is 0 Å². The zero-order chi connectivity index (χ0) is 13.7. The van der Waals surface area contributed by atoms with Crippen LogP contribution in [0.5, 0.6) is 5.75 Å². The molecule has 0 aliphatic carbocycles. The van der Waals surface area contributed by atoms with Gasteiger partial charge in [0.25, 0.3) is 0 Å². The molecule has 104 valence electrons. The van der Waals surface area contributed by atoms with Gasteiger partial charge in [-0.3, -0.25) is 4.79 Å². The molecule has 1 aromatic rings. The molecule has 5 heteroatoms. The van der Waals surface area contributed by atoms with Crippen LogP contribution < -0.4 is 10.1 Å². The minimum atomic E-state index is -0.0229. The number of hydrogen-bond donors (Lipinski definition) is 1. The third-order valence-corrected chi connectivity index (χ3v) is 3.57. The van der Waals surface area contributed by atoms with Crippen LogP contribution in [0, 0.1) is 0 Å². The molecule has 19 heavy (non-hydrogen) atoms. The van der Waals surface area contributed by atoms with E-state index >= 15 is 0 Å². The lowest BCUT2D eigenvalue weighted by molar-refractivity contribution is -0.132. The second-order valence-corrected chi connectivity index (χ2v) is 5.09. The summed E-state index contributed by atoms with van der Waals surface area (Å²) < 4.78 is 5.57. The molecule has 0 aromatic heterocycles. The van der Waals surface area contributed by atoms with Gasteiger partial charge in [-0.2, -0.15) is 0 Å². The van der Waals surface area contributed by atoms with Gasteiger partial charge in [0, 0.05) is 7.05 Å². The number of para-hydroxylation sites is 1. The molecule has 0 unspecified atom stereocenters. The predicted octanol–water partition coefficient (Wildman–Crippen LogP) is 1.93. The van der Waals surface area contributed by atoms with Crippen molar-refractivity contribution in [1.82, 2.24) is 10.2 Å². The lowest BCUT2D eigenvalue weighted by Gasteiger charge is -2.21. The van der Waals surface area contributed by atoms with E-state index in [1.165, 1.54) is 0 Å². The number of hydrogen-bond acceptors (Lipinski definition) is 3. The molecule has 1 aliphatic rings. The van der Waals surface area contributed by atoms with Crippen LogP contribution in [0.2, 0.25) is 5.02 Å². The maximum absolute atomic E-state index is 12.0. The fourth-order valence-electron chi connectivity index (χ4n) is 2.13. The predicted molar refractivity (Wildman–Crippen MR) is 75.6 cm³/mol. The zero-order valence-electron chi connectivity index (χ0n) is 11.1. The minimum absolute atomic E-state index is 0.0229. The SMILES string of the molecule is CN(CCOc1ccccc1Cl)C(=O)[C@H]1CCCN1. The minimum Gasteiger partial charge on any atom is -0.490 e. The van der Waals surface area contributed by atoms with Crippen LogP contribution >= 0.6 is 11.6 Å². The van der Waals surface area contributed by atoms with Gasteiger partial charge in [0.1, 0.15) is 12.4 Å². The highest BCUT2D eigenvalue weighted by Crippen LogP contribution is 2.22. The van der Waals surface area contributed by atoms with Crippen molar-refractivity contribution in [3.05, 3.63) is 29.3 Å².